The van der Waals surface area contributed by atoms with E-state index in [9.17, 15) is 8.42 Å². The van der Waals surface area contributed by atoms with E-state index in [1.54, 1.807) is 48.5 Å². The molecule has 2 aromatic carbocycles. The summed E-state index contributed by atoms with van der Waals surface area (Å²) in [6.45, 7) is 0. The summed E-state index contributed by atoms with van der Waals surface area (Å²) in [5.41, 5.74) is 2.22. The fourth-order valence-electron chi connectivity index (χ4n) is 1.58. The van der Waals surface area contributed by atoms with Gasteiger partial charge in [-0.3, -0.25) is 0 Å². The molecule has 2 aromatic rings. The second kappa shape index (κ2) is 5.12. The Labute approximate surface area is 112 Å². The molecule has 0 aromatic heterocycles. The van der Waals surface area contributed by atoms with Gasteiger partial charge in [-0.25, -0.2) is 8.42 Å². The summed E-state index contributed by atoms with van der Waals surface area (Å²) in [7, 11) is -3.17. The van der Waals surface area contributed by atoms with Crippen LogP contribution < -0.4 is 5.32 Å². The molecule has 0 aliphatic heterocycles. The number of hydrogen-bond donors (Lipinski definition) is 1. The molecule has 5 heteroatoms. The summed E-state index contributed by atoms with van der Waals surface area (Å²) in [4.78, 5) is 0.290. The molecule has 96 valence electrons. The lowest BCUT2D eigenvalue weighted by molar-refractivity contribution is 0.602. The molecule has 0 amide bonds. The van der Waals surface area contributed by atoms with Gasteiger partial charge >= 0.3 is 0 Å². The molecule has 0 aliphatic carbocycles. The molecule has 0 radical (unpaired) electrons. The van der Waals surface area contributed by atoms with Gasteiger partial charge in [0.2, 0.25) is 0 Å². The van der Waals surface area contributed by atoms with Crippen molar-refractivity contribution in [3.8, 4) is 6.07 Å². The van der Waals surface area contributed by atoms with E-state index in [-0.39, 0.29) is 4.90 Å². The minimum atomic E-state index is -3.17. The van der Waals surface area contributed by atoms with Gasteiger partial charge in [0.25, 0.3) is 0 Å². The largest absolute Gasteiger partial charge is 0.356 e. The molecule has 0 heterocycles. The van der Waals surface area contributed by atoms with Gasteiger partial charge in [0, 0.05) is 17.6 Å². The number of nitrogens with zero attached hydrogens (tertiary/aromatic N) is 1. The zero-order valence-corrected chi connectivity index (χ0v) is 11.1. The van der Waals surface area contributed by atoms with Crippen LogP contribution in [0.1, 0.15) is 5.56 Å². The van der Waals surface area contributed by atoms with Gasteiger partial charge in [-0.1, -0.05) is 0 Å². The van der Waals surface area contributed by atoms with Gasteiger partial charge in [-0.2, -0.15) is 5.26 Å². The Morgan fingerprint density at radius 2 is 1.42 bits per heavy atom. The van der Waals surface area contributed by atoms with Crippen molar-refractivity contribution in [2.24, 2.45) is 0 Å². The molecule has 19 heavy (non-hydrogen) atoms. The van der Waals surface area contributed by atoms with Crippen molar-refractivity contribution in [2.45, 2.75) is 4.90 Å². The highest BCUT2D eigenvalue weighted by atomic mass is 32.2. The summed E-state index contributed by atoms with van der Waals surface area (Å²) in [5, 5.41) is 11.8. The molecule has 2 rings (SSSR count). The number of benzene rings is 2. The van der Waals surface area contributed by atoms with Crippen LogP contribution >= 0.6 is 0 Å². The summed E-state index contributed by atoms with van der Waals surface area (Å²) in [6, 6.07) is 15.6. The van der Waals surface area contributed by atoms with E-state index < -0.39 is 9.84 Å². The maximum atomic E-state index is 11.3. The van der Waals surface area contributed by atoms with Gasteiger partial charge < -0.3 is 5.32 Å². The third kappa shape index (κ3) is 3.33. The molecular formula is C14H12N2O2S. The smallest absolute Gasteiger partial charge is 0.175 e. The molecule has 0 aliphatic rings. The zero-order chi connectivity index (χ0) is 13.9. The Morgan fingerprint density at radius 1 is 0.947 bits per heavy atom. The molecular weight excluding hydrogens is 260 g/mol. The number of anilines is 2. The van der Waals surface area contributed by atoms with Crippen molar-refractivity contribution in [2.75, 3.05) is 11.6 Å². The topological polar surface area (TPSA) is 70.0 Å². The lowest BCUT2D eigenvalue weighted by Gasteiger charge is -2.07. The molecule has 0 spiro atoms. The Balaban J connectivity index is 2.17. The quantitative estimate of drug-likeness (QED) is 0.932. The summed E-state index contributed by atoms with van der Waals surface area (Å²) >= 11 is 0. The van der Waals surface area contributed by atoms with E-state index in [0.29, 0.717) is 5.56 Å². The van der Waals surface area contributed by atoms with Crippen LogP contribution in [0.5, 0.6) is 0 Å². The predicted molar refractivity (Wildman–Crippen MR) is 74.0 cm³/mol. The monoisotopic (exact) mass is 272 g/mol. The second-order valence-electron chi connectivity index (χ2n) is 4.11. The van der Waals surface area contributed by atoms with Gasteiger partial charge in [0.05, 0.1) is 16.5 Å². The van der Waals surface area contributed by atoms with E-state index in [2.05, 4.69) is 5.32 Å². The normalized spacial score (nSPS) is 10.7. The van der Waals surface area contributed by atoms with Crippen LogP contribution in [0.4, 0.5) is 11.4 Å². The van der Waals surface area contributed by atoms with E-state index in [1.165, 1.54) is 6.26 Å². The molecule has 1 N–H and O–H groups in total. The molecule has 4 nitrogen and oxygen atoms in total. The van der Waals surface area contributed by atoms with Crippen molar-refractivity contribution < 1.29 is 8.42 Å². The summed E-state index contributed by atoms with van der Waals surface area (Å²) in [6.07, 6.45) is 1.18. The minimum absolute atomic E-state index is 0.290. The molecule has 0 unspecified atom stereocenters. The van der Waals surface area contributed by atoms with E-state index in [1.807, 2.05) is 6.07 Å². The summed E-state index contributed by atoms with van der Waals surface area (Å²) < 4.78 is 22.6. The van der Waals surface area contributed by atoms with Crippen LogP contribution in [0.25, 0.3) is 0 Å². The molecule has 0 bridgehead atoms. The van der Waals surface area contributed by atoms with Gasteiger partial charge in [0.1, 0.15) is 0 Å². The van der Waals surface area contributed by atoms with Crippen LogP contribution in [0, 0.1) is 11.3 Å². The van der Waals surface area contributed by atoms with Gasteiger partial charge in [-0.15, -0.1) is 0 Å². The molecule has 0 saturated carbocycles. The zero-order valence-electron chi connectivity index (χ0n) is 10.3. The standard InChI is InChI=1S/C14H12N2O2S/c1-19(17,18)14-8-6-13(7-9-14)16-12-4-2-11(10-15)3-5-12/h2-9,16H,1H3. The average Bonchev–Trinajstić information content (AvgIpc) is 2.39. The van der Waals surface area contributed by atoms with Crippen LogP contribution in [-0.4, -0.2) is 14.7 Å². The van der Waals surface area contributed by atoms with Crippen molar-refractivity contribution in [3.05, 3.63) is 54.1 Å². The lowest BCUT2D eigenvalue weighted by atomic mass is 10.2. The number of nitrogens with one attached hydrogen (secondary N) is 1. The van der Waals surface area contributed by atoms with Crippen LogP contribution in [0.15, 0.2) is 53.4 Å². The lowest BCUT2D eigenvalue weighted by Crippen LogP contribution is -1.97. The van der Waals surface area contributed by atoms with Gasteiger partial charge in [0.15, 0.2) is 9.84 Å². The fourth-order valence-corrected chi connectivity index (χ4v) is 2.21. The van der Waals surface area contributed by atoms with Crippen molar-refractivity contribution in [1.29, 1.82) is 5.26 Å². The average molecular weight is 272 g/mol. The minimum Gasteiger partial charge on any atom is -0.356 e. The third-order valence-electron chi connectivity index (χ3n) is 2.59. The molecule has 0 saturated heterocycles. The van der Waals surface area contributed by atoms with Crippen LogP contribution in [-0.2, 0) is 9.84 Å². The highest BCUT2D eigenvalue weighted by Crippen LogP contribution is 2.19. The van der Waals surface area contributed by atoms with Crippen molar-refractivity contribution in [1.82, 2.24) is 0 Å². The number of rotatable bonds is 3. The number of hydrogen-bond acceptors (Lipinski definition) is 4. The van der Waals surface area contributed by atoms with Crippen molar-refractivity contribution >= 4 is 21.2 Å². The van der Waals surface area contributed by atoms with E-state index in [4.69, 9.17) is 5.26 Å². The highest BCUT2D eigenvalue weighted by molar-refractivity contribution is 7.90. The summed E-state index contributed by atoms with van der Waals surface area (Å²) in [5.74, 6) is 0. The highest BCUT2D eigenvalue weighted by Gasteiger charge is 2.05. The van der Waals surface area contributed by atoms with Gasteiger partial charge in [-0.05, 0) is 48.5 Å². The SMILES string of the molecule is CS(=O)(=O)c1ccc(Nc2ccc(C#N)cc2)cc1. The maximum absolute atomic E-state index is 11.3. The van der Waals surface area contributed by atoms with Crippen molar-refractivity contribution in [3.63, 3.8) is 0 Å². The first kappa shape index (κ1) is 13.1. The molecule has 0 fully saturated rings. The first-order valence-corrected chi connectivity index (χ1v) is 7.45. The Hall–Kier alpha value is -2.32. The number of nitriles is 1. The first-order valence-electron chi connectivity index (χ1n) is 5.56. The fraction of sp³-hybridized carbons (Fsp3) is 0.0714. The Kier molecular flexibility index (Phi) is 3.54. The Bertz CT molecular complexity index is 712. The maximum Gasteiger partial charge on any atom is 0.175 e. The van der Waals surface area contributed by atoms with E-state index in [0.717, 1.165) is 11.4 Å². The van der Waals surface area contributed by atoms with Crippen LogP contribution in [0.2, 0.25) is 0 Å². The predicted octanol–water partition coefficient (Wildman–Crippen LogP) is 2.71. The number of sulfone groups is 1. The Morgan fingerprint density at radius 3 is 1.84 bits per heavy atom. The molecule has 0 atom stereocenters. The third-order valence-corrected chi connectivity index (χ3v) is 3.71. The first-order chi connectivity index (χ1) is 8.99. The van der Waals surface area contributed by atoms with E-state index >= 15 is 0 Å². The van der Waals surface area contributed by atoms with Crippen LogP contribution in [0.3, 0.4) is 0 Å². The second-order valence-corrected chi connectivity index (χ2v) is 6.13.